The van der Waals surface area contributed by atoms with E-state index in [2.05, 4.69) is 0 Å². The molecule has 0 radical (unpaired) electrons. The average Bonchev–Trinajstić information content (AvgIpc) is 2.72. The Balaban J connectivity index is 1.97. The first-order chi connectivity index (χ1) is 8.16. The maximum atomic E-state index is 12.9. The SMILES string of the molecule is OC(CSc1cccc(F)c1)c1sccc1Cl. The van der Waals surface area contributed by atoms with E-state index in [4.69, 9.17) is 11.6 Å². The summed E-state index contributed by atoms with van der Waals surface area (Å²) >= 11 is 8.76. The van der Waals surface area contributed by atoms with Gasteiger partial charge in [-0.3, -0.25) is 0 Å². The predicted octanol–water partition coefficient (Wildman–Crippen LogP) is 4.37. The smallest absolute Gasteiger partial charge is 0.124 e. The summed E-state index contributed by atoms with van der Waals surface area (Å²) in [4.78, 5) is 1.56. The van der Waals surface area contributed by atoms with Crippen LogP contribution >= 0.6 is 34.7 Å². The van der Waals surface area contributed by atoms with E-state index >= 15 is 0 Å². The molecule has 17 heavy (non-hydrogen) atoms. The van der Waals surface area contributed by atoms with Crippen LogP contribution < -0.4 is 0 Å². The van der Waals surface area contributed by atoms with Crippen LogP contribution in [0.15, 0.2) is 40.6 Å². The third-order valence-electron chi connectivity index (χ3n) is 2.15. The molecule has 0 amide bonds. The van der Waals surface area contributed by atoms with Crippen molar-refractivity contribution in [3.05, 3.63) is 51.4 Å². The van der Waals surface area contributed by atoms with E-state index in [-0.39, 0.29) is 5.82 Å². The van der Waals surface area contributed by atoms with E-state index in [0.29, 0.717) is 10.8 Å². The summed E-state index contributed by atoms with van der Waals surface area (Å²) in [5.74, 6) is 0.197. The van der Waals surface area contributed by atoms with Crippen molar-refractivity contribution in [2.45, 2.75) is 11.0 Å². The topological polar surface area (TPSA) is 20.2 Å². The van der Waals surface area contributed by atoms with Crippen LogP contribution in [0.2, 0.25) is 5.02 Å². The minimum atomic E-state index is -0.615. The Hall–Kier alpha value is -0.550. The minimum Gasteiger partial charge on any atom is -0.387 e. The third-order valence-corrected chi connectivity index (χ3v) is 4.68. The lowest BCUT2D eigenvalue weighted by molar-refractivity contribution is 0.208. The number of rotatable bonds is 4. The summed E-state index contributed by atoms with van der Waals surface area (Å²) in [5.41, 5.74) is 0. The van der Waals surface area contributed by atoms with Gasteiger partial charge in [0.15, 0.2) is 0 Å². The van der Waals surface area contributed by atoms with Crippen LogP contribution in [0.25, 0.3) is 0 Å². The van der Waals surface area contributed by atoms with Gasteiger partial charge in [0.2, 0.25) is 0 Å². The molecular formula is C12H10ClFOS2. The fourth-order valence-electron chi connectivity index (χ4n) is 1.35. The molecule has 1 N–H and O–H groups in total. The summed E-state index contributed by atoms with van der Waals surface area (Å²) in [6.45, 7) is 0. The lowest BCUT2D eigenvalue weighted by Crippen LogP contribution is -1.98. The maximum absolute atomic E-state index is 12.9. The molecule has 0 fully saturated rings. The summed E-state index contributed by atoms with van der Waals surface area (Å²) in [6, 6.07) is 8.08. The summed E-state index contributed by atoms with van der Waals surface area (Å²) in [7, 11) is 0. The van der Waals surface area contributed by atoms with Gasteiger partial charge in [0.1, 0.15) is 5.82 Å². The molecule has 1 heterocycles. The van der Waals surface area contributed by atoms with Crippen molar-refractivity contribution in [2.75, 3.05) is 5.75 Å². The van der Waals surface area contributed by atoms with Gasteiger partial charge in [-0.1, -0.05) is 17.7 Å². The lowest BCUT2D eigenvalue weighted by Gasteiger charge is -2.08. The van der Waals surface area contributed by atoms with Gasteiger partial charge in [0, 0.05) is 10.6 Å². The molecule has 90 valence electrons. The molecular weight excluding hydrogens is 279 g/mol. The van der Waals surface area contributed by atoms with Crippen LogP contribution in [-0.4, -0.2) is 10.9 Å². The largest absolute Gasteiger partial charge is 0.387 e. The maximum Gasteiger partial charge on any atom is 0.124 e. The number of aliphatic hydroxyl groups is 1. The molecule has 0 aliphatic rings. The van der Waals surface area contributed by atoms with Gasteiger partial charge in [-0.25, -0.2) is 4.39 Å². The van der Waals surface area contributed by atoms with E-state index in [1.54, 1.807) is 12.1 Å². The number of thioether (sulfide) groups is 1. The summed E-state index contributed by atoms with van der Waals surface area (Å²) in [5, 5.41) is 12.4. The number of hydrogen-bond acceptors (Lipinski definition) is 3. The summed E-state index contributed by atoms with van der Waals surface area (Å²) in [6.07, 6.45) is -0.615. The second-order valence-electron chi connectivity index (χ2n) is 3.42. The molecule has 2 aromatic rings. The van der Waals surface area contributed by atoms with Crippen molar-refractivity contribution in [3.8, 4) is 0 Å². The Kier molecular flexibility index (Phi) is 4.45. The highest BCUT2D eigenvalue weighted by Crippen LogP contribution is 2.32. The second kappa shape index (κ2) is 5.87. The lowest BCUT2D eigenvalue weighted by atomic mass is 10.3. The number of halogens is 2. The Labute approximate surface area is 112 Å². The molecule has 0 bridgehead atoms. The van der Waals surface area contributed by atoms with Crippen molar-refractivity contribution in [1.29, 1.82) is 0 Å². The molecule has 5 heteroatoms. The van der Waals surface area contributed by atoms with E-state index in [0.717, 1.165) is 9.77 Å². The zero-order chi connectivity index (χ0) is 12.3. The Bertz CT molecular complexity index is 501. The normalized spacial score (nSPS) is 12.6. The first-order valence-corrected chi connectivity index (χ1v) is 7.20. The zero-order valence-electron chi connectivity index (χ0n) is 8.77. The number of benzene rings is 1. The van der Waals surface area contributed by atoms with Crippen LogP contribution in [0.4, 0.5) is 4.39 Å². The van der Waals surface area contributed by atoms with Crippen LogP contribution in [0.1, 0.15) is 11.0 Å². The van der Waals surface area contributed by atoms with Gasteiger partial charge in [0.25, 0.3) is 0 Å². The Morgan fingerprint density at radius 1 is 1.41 bits per heavy atom. The van der Waals surface area contributed by atoms with Crippen LogP contribution in [-0.2, 0) is 0 Å². The van der Waals surface area contributed by atoms with Crippen LogP contribution in [0.5, 0.6) is 0 Å². The van der Waals surface area contributed by atoms with Gasteiger partial charge in [-0.2, -0.15) is 0 Å². The fraction of sp³-hybridized carbons (Fsp3) is 0.167. The first kappa shape index (κ1) is 12.9. The predicted molar refractivity (Wildman–Crippen MR) is 71.4 cm³/mol. The minimum absolute atomic E-state index is 0.265. The fourth-order valence-corrected chi connectivity index (χ4v) is 3.51. The Morgan fingerprint density at radius 2 is 2.24 bits per heavy atom. The van der Waals surface area contributed by atoms with Crippen molar-refractivity contribution in [2.24, 2.45) is 0 Å². The molecule has 0 spiro atoms. The highest BCUT2D eigenvalue weighted by atomic mass is 35.5. The standard InChI is InChI=1S/C12H10ClFOS2/c13-10-4-5-16-12(10)11(15)7-17-9-3-1-2-8(14)6-9/h1-6,11,15H,7H2. The van der Waals surface area contributed by atoms with Crippen molar-refractivity contribution in [3.63, 3.8) is 0 Å². The molecule has 0 aliphatic heterocycles. The van der Waals surface area contributed by atoms with Crippen LogP contribution in [0, 0.1) is 5.82 Å². The van der Waals surface area contributed by atoms with E-state index in [1.807, 2.05) is 11.4 Å². The molecule has 0 saturated heterocycles. The monoisotopic (exact) mass is 288 g/mol. The first-order valence-electron chi connectivity index (χ1n) is 4.96. The van der Waals surface area contributed by atoms with Crippen molar-refractivity contribution >= 4 is 34.7 Å². The van der Waals surface area contributed by atoms with Crippen LogP contribution in [0.3, 0.4) is 0 Å². The number of thiophene rings is 1. The second-order valence-corrected chi connectivity index (χ2v) is 5.87. The molecule has 1 aromatic heterocycles. The highest BCUT2D eigenvalue weighted by Gasteiger charge is 2.13. The average molecular weight is 289 g/mol. The highest BCUT2D eigenvalue weighted by molar-refractivity contribution is 7.99. The molecule has 1 atom stereocenters. The number of aliphatic hydroxyl groups excluding tert-OH is 1. The molecule has 1 nitrogen and oxygen atoms in total. The zero-order valence-corrected chi connectivity index (χ0v) is 11.2. The Morgan fingerprint density at radius 3 is 2.88 bits per heavy atom. The van der Waals surface area contributed by atoms with Gasteiger partial charge in [-0.05, 0) is 29.6 Å². The van der Waals surface area contributed by atoms with Gasteiger partial charge in [-0.15, -0.1) is 23.1 Å². The van der Waals surface area contributed by atoms with E-state index < -0.39 is 6.10 Å². The van der Waals surface area contributed by atoms with Crippen molar-refractivity contribution < 1.29 is 9.50 Å². The molecule has 2 rings (SSSR count). The molecule has 1 unspecified atom stereocenters. The van der Waals surface area contributed by atoms with Crippen molar-refractivity contribution in [1.82, 2.24) is 0 Å². The summed E-state index contributed by atoms with van der Waals surface area (Å²) < 4.78 is 12.9. The molecule has 0 aliphatic carbocycles. The van der Waals surface area contributed by atoms with Gasteiger partial charge in [0.05, 0.1) is 16.0 Å². The third kappa shape index (κ3) is 3.45. The number of hydrogen-bond donors (Lipinski definition) is 1. The van der Waals surface area contributed by atoms with E-state index in [1.165, 1.54) is 35.2 Å². The molecule has 1 aromatic carbocycles. The van der Waals surface area contributed by atoms with E-state index in [9.17, 15) is 9.50 Å². The quantitative estimate of drug-likeness (QED) is 0.843. The van der Waals surface area contributed by atoms with Gasteiger partial charge < -0.3 is 5.11 Å². The molecule has 0 saturated carbocycles. The van der Waals surface area contributed by atoms with Gasteiger partial charge >= 0.3 is 0 Å².